The molecule has 2 amide bonds. The average Bonchev–Trinajstić information content (AvgIpc) is 2.80. The van der Waals surface area contributed by atoms with E-state index >= 15 is 0 Å². The van der Waals surface area contributed by atoms with Crippen molar-refractivity contribution in [3.63, 3.8) is 0 Å². The number of thiophene rings is 1. The molecule has 0 fully saturated rings. The highest BCUT2D eigenvalue weighted by atomic mass is 35.5. The van der Waals surface area contributed by atoms with Gasteiger partial charge in [-0.05, 0) is 25.0 Å². The number of carboxylic acid groups (broad SMARTS) is 1. The van der Waals surface area contributed by atoms with Crippen LogP contribution in [0.4, 0.5) is 4.79 Å². The topological polar surface area (TPSA) is 69.6 Å². The predicted molar refractivity (Wildman–Crippen MR) is 80.3 cm³/mol. The molecule has 0 aliphatic rings. The van der Waals surface area contributed by atoms with Crippen molar-refractivity contribution >= 4 is 34.9 Å². The van der Waals surface area contributed by atoms with E-state index in [1.165, 1.54) is 16.2 Å². The summed E-state index contributed by atoms with van der Waals surface area (Å²) >= 11 is 7.23. The van der Waals surface area contributed by atoms with Gasteiger partial charge in [0.15, 0.2) is 0 Å². The average molecular weight is 319 g/mol. The molecule has 0 atom stereocenters. The monoisotopic (exact) mass is 318 g/mol. The number of nitrogens with one attached hydrogen (secondary N) is 1. The second-order valence-electron chi connectivity index (χ2n) is 4.59. The lowest BCUT2D eigenvalue weighted by atomic mass is 9.93. The van der Waals surface area contributed by atoms with Gasteiger partial charge in [0.25, 0.3) is 0 Å². The Hall–Kier alpha value is -1.27. The first-order valence-electron chi connectivity index (χ1n) is 6.35. The number of carboxylic acids is 1. The number of hydrogen-bond acceptors (Lipinski definition) is 3. The molecule has 0 spiro atoms. The molecular formula is C13H19ClN2O3S. The van der Waals surface area contributed by atoms with Crippen molar-refractivity contribution in [1.29, 1.82) is 0 Å². The van der Waals surface area contributed by atoms with Gasteiger partial charge in [-0.25, -0.2) is 9.59 Å². The number of hydrogen-bond donors (Lipinski definition) is 2. The van der Waals surface area contributed by atoms with Crippen LogP contribution >= 0.6 is 22.9 Å². The second-order valence-corrected chi connectivity index (χ2v) is 6.39. The van der Waals surface area contributed by atoms with Gasteiger partial charge in [0.2, 0.25) is 0 Å². The summed E-state index contributed by atoms with van der Waals surface area (Å²) in [7, 11) is 1.63. The van der Waals surface area contributed by atoms with Crippen LogP contribution < -0.4 is 5.32 Å². The van der Waals surface area contributed by atoms with E-state index in [4.69, 9.17) is 11.6 Å². The third kappa shape index (κ3) is 3.86. The molecule has 20 heavy (non-hydrogen) atoms. The largest absolute Gasteiger partial charge is 0.480 e. The lowest BCUT2D eigenvalue weighted by molar-refractivity contribution is -0.144. The van der Waals surface area contributed by atoms with E-state index in [9.17, 15) is 14.7 Å². The highest BCUT2D eigenvalue weighted by molar-refractivity contribution is 7.16. The SMILES string of the molecule is CCC(CC)(NC(=O)N(C)Cc1ccc(Cl)s1)C(=O)O. The molecule has 0 aliphatic heterocycles. The Morgan fingerprint density at radius 3 is 2.40 bits per heavy atom. The second kappa shape index (κ2) is 6.95. The van der Waals surface area contributed by atoms with E-state index in [0.29, 0.717) is 23.7 Å². The van der Waals surface area contributed by atoms with Gasteiger partial charge in [-0.15, -0.1) is 11.3 Å². The van der Waals surface area contributed by atoms with Crippen molar-refractivity contribution in [3.05, 3.63) is 21.3 Å². The Kier molecular flexibility index (Phi) is 5.83. The molecule has 1 aromatic rings. The van der Waals surface area contributed by atoms with Crippen molar-refractivity contribution < 1.29 is 14.7 Å². The molecule has 0 unspecified atom stereocenters. The number of halogens is 1. The Bertz CT molecular complexity index is 486. The minimum Gasteiger partial charge on any atom is -0.480 e. The minimum absolute atomic E-state index is 0.337. The highest BCUT2D eigenvalue weighted by Crippen LogP contribution is 2.23. The molecule has 0 bridgehead atoms. The maximum atomic E-state index is 12.1. The molecule has 0 aliphatic carbocycles. The van der Waals surface area contributed by atoms with Crippen molar-refractivity contribution in [1.82, 2.24) is 10.2 Å². The van der Waals surface area contributed by atoms with Crippen molar-refractivity contribution in [2.75, 3.05) is 7.05 Å². The molecule has 5 nitrogen and oxygen atoms in total. The highest BCUT2D eigenvalue weighted by Gasteiger charge is 2.37. The van der Waals surface area contributed by atoms with Crippen LogP contribution in [0.15, 0.2) is 12.1 Å². The maximum absolute atomic E-state index is 12.1. The van der Waals surface area contributed by atoms with E-state index in [1.807, 2.05) is 6.07 Å². The van der Waals surface area contributed by atoms with Gasteiger partial charge >= 0.3 is 12.0 Å². The smallest absolute Gasteiger partial charge is 0.329 e. The van der Waals surface area contributed by atoms with E-state index in [-0.39, 0.29) is 0 Å². The summed E-state index contributed by atoms with van der Waals surface area (Å²) in [5.41, 5.74) is -1.21. The summed E-state index contributed by atoms with van der Waals surface area (Å²) in [6, 6.07) is 3.22. The number of nitrogens with zero attached hydrogens (tertiary/aromatic N) is 1. The van der Waals surface area contributed by atoms with Gasteiger partial charge in [0.05, 0.1) is 10.9 Å². The lowest BCUT2D eigenvalue weighted by Gasteiger charge is -2.30. The van der Waals surface area contributed by atoms with Crippen LogP contribution in [0.25, 0.3) is 0 Å². The van der Waals surface area contributed by atoms with E-state index < -0.39 is 17.5 Å². The predicted octanol–water partition coefficient (Wildman–Crippen LogP) is 3.19. The lowest BCUT2D eigenvalue weighted by Crippen LogP contribution is -2.56. The molecule has 0 saturated carbocycles. The number of aliphatic carboxylic acids is 1. The number of carbonyl (C=O) groups excluding carboxylic acids is 1. The van der Waals surface area contributed by atoms with Crippen LogP contribution in [0.3, 0.4) is 0 Å². The van der Waals surface area contributed by atoms with Crippen LogP contribution in [0.2, 0.25) is 4.34 Å². The number of rotatable bonds is 6. The summed E-state index contributed by atoms with van der Waals surface area (Å²) in [6.45, 7) is 3.89. The zero-order chi connectivity index (χ0) is 15.3. The molecular weight excluding hydrogens is 300 g/mol. The third-order valence-corrected chi connectivity index (χ3v) is 4.55. The number of carbonyl (C=O) groups is 2. The Balaban J connectivity index is 2.71. The van der Waals surface area contributed by atoms with Crippen molar-refractivity contribution in [2.45, 2.75) is 38.8 Å². The molecule has 2 N–H and O–H groups in total. The first kappa shape index (κ1) is 16.8. The molecule has 1 heterocycles. The number of urea groups is 1. The first-order chi connectivity index (χ1) is 9.34. The maximum Gasteiger partial charge on any atom is 0.329 e. The summed E-state index contributed by atoms with van der Waals surface area (Å²) in [5, 5.41) is 11.9. The fourth-order valence-corrected chi connectivity index (χ4v) is 2.97. The quantitative estimate of drug-likeness (QED) is 0.846. The van der Waals surface area contributed by atoms with Crippen LogP contribution in [0.1, 0.15) is 31.6 Å². The van der Waals surface area contributed by atoms with Gasteiger partial charge < -0.3 is 15.3 Å². The zero-order valence-electron chi connectivity index (χ0n) is 11.8. The van der Waals surface area contributed by atoms with E-state index in [2.05, 4.69) is 5.32 Å². The first-order valence-corrected chi connectivity index (χ1v) is 7.55. The summed E-state index contributed by atoms with van der Waals surface area (Å²) in [6.07, 6.45) is 0.673. The Morgan fingerprint density at radius 2 is 2.00 bits per heavy atom. The fourth-order valence-electron chi connectivity index (χ4n) is 1.83. The third-order valence-electron chi connectivity index (χ3n) is 3.33. The summed E-state index contributed by atoms with van der Waals surface area (Å²) < 4.78 is 0.663. The van der Waals surface area contributed by atoms with Crippen LogP contribution in [-0.4, -0.2) is 34.6 Å². The molecule has 1 rings (SSSR count). The van der Waals surface area contributed by atoms with Gasteiger partial charge in [0.1, 0.15) is 5.54 Å². The van der Waals surface area contributed by atoms with Crippen molar-refractivity contribution in [3.8, 4) is 0 Å². The van der Waals surface area contributed by atoms with Crippen LogP contribution in [0.5, 0.6) is 0 Å². The summed E-state index contributed by atoms with van der Waals surface area (Å²) in [4.78, 5) is 25.9. The van der Waals surface area contributed by atoms with E-state index in [0.717, 1.165) is 4.88 Å². The number of amides is 2. The normalized spacial score (nSPS) is 11.2. The summed E-state index contributed by atoms with van der Waals surface area (Å²) in [5.74, 6) is -1.01. The fraction of sp³-hybridized carbons (Fsp3) is 0.538. The van der Waals surface area contributed by atoms with Gasteiger partial charge in [-0.1, -0.05) is 25.4 Å². The van der Waals surface area contributed by atoms with Crippen LogP contribution in [-0.2, 0) is 11.3 Å². The Morgan fingerprint density at radius 1 is 1.40 bits per heavy atom. The standard InChI is InChI=1S/C13H19ClN2O3S/c1-4-13(5-2,11(17)18)15-12(19)16(3)8-9-6-7-10(14)20-9/h6-7H,4-5,8H2,1-3H3,(H,15,19)(H,17,18). The molecule has 0 aromatic carbocycles. The molecule has 0 radical (unpaired) electrons. The molecule has 7 heteroatoms. The molecule has 112 valence electrons. The molecule has 0 saturated heterocycles. The van der Waals surface area contributed by atoms with Gasteiger partial charge in [0, 0.05) is 11.9 Å². The molecule has 1 aromatic heterocycles. The van der Waals surface area contributed by atoms with Crippen molar-refractivity contribution in [2.24, 2.45) is 0 Å². The van der Waals surface area contributed by atoms with Gasteiger partial charge in [-0.3, -0.25) is 0 Å². The van der Waals surface area contributed by atoms with E-state index in [1.54, 1.807) is 27.0 Å². The van der Waals surface area contributed by atoms with Crippen LogP contribution in [0, 0.1) is 0 Å². The van der Waals surface area contributed by atoms with Gasteiger partial charge in [-0.2, -0.15) is 0 Å². The Labute approximate surface area is 127 Å². The minimum atomic E-state index is -1.21. The zero-order valence-corrected chi connectivity index (χ0v) is 13.3.